The fourth-order valence-corrected chi connectivity index (χ4v) is 4.79. The number of piperidine rings is 1. The van der Waals surface area contributed by atoms with Crippen LogP contribution in [0, 0.1) is 0 Å². The molecule has 0 aromatic heterocycles. The van der Waals surface area contributed by atoms with E-state index in [2.05, 4.69) is 105 Å². The second-order valence-electron chi connectivity index (χ2n) is 10.2. The van der Waals surface area contributed by atoms with Crippen LogP contribution in [0.3, 0.4) is 0 Å². The van der Waals surface area contributed by atoms with Crippen LogP contribution in [0.5, 0.6) is 0 Å². The predicted molar refractivity (Wildman–Crippen MR) is 142 cm³/mol. The van der Waals surface area contributed by atoms with Crippen molar-refractivity contribution in [2.45, 2.75) is 71.1 Å². The average Bonchev–Trinajstić information content (AvgIpc) is 2.85. The lowest BCUT2D eigenvalue weighted by Crippen LogP contribution is -2.37. The predicted octanol–water partition coefficient (Wildman–Crippen LogP) is 8.01. The minimum Gasteiger partial charge on any atom is -0.391 e. The summed E-state index contributed by atoms with van der Waals surface area (Å²) in [5.74, 6) is 1.07. The van der Waals surface area contributed by atoms with E-state index in [0.29, 0.717) is 18.4 Å². The minimum absolute atomic E-state index is 0.267. The van der Waals surface area contributed by atoms with E-state index >= 15 is 0 Å². The van der Waals surface area contributed by atoms with Crippen LogP contribution in [0.25, 0.3) is 0 Å². The van der Waals surface area contributed by atoms with Gasteiger partial charge in [0.1, 0.15) is 6.61 Å². The Kier molecular flexibility index (Phi) is 7.84. The van der Waals surface area contributed by atoms with Gasteiger partial charge in [-0.1, -0.05) is 112 Å². The Hall–Kier alpha value is -2.91. The van der Waals surface area contributed by atoms with Gasteiger partial charge < -0.3 is 4.84 Å². The van der Waals surface area contributed by atoms with Crippen molar-refractivity contribution in [3.8, 4) is 0 Å². The Labute approximate surface area is 205 Å². The zero-order chi connectivity index (χ0) is 24.1. The van der Waals surface area contributed by atoms with Crippen molar-refractivity contribution in [2.24, 2.45) is 5.16 Å². The highest BCUT2D eigenvalue weighted by Gasteiger charge is 2.33. The number of benzene rings is 3. The lowest BCUT2D eigenvalue weighted by Gasteiger charge is -2.40. The highest BCUT2D eigenvalue weighted by Crippen LogP contribution is 2.40. The van der Waals surface area contributed by atoms with Crippen molar-refractivity contribution >= 4 is 5.71 Å². The molecular formula is C31H38N2O. The summed E-state index contributed by atoms with van der Waals surface area (Å²) in [7, 11) is 2.25. The van der Waals surface area contributed by atoms with Crippen LogP contribution in [-0.4, -0.2) is 17.7 Å². The first-order chi connectivity index (χ1) is 16.4. The van der Waals surface area contributed by atoms with Gasteiger partial charge in [0, 0.05) is 24.9 Å². The molecule has 1 fully saturated rings. The van der Waals surface area contributed by atoms with Crippen molar-refractivity contribution in [1.82, 2.24) is 4.90 Å². The molecule has 3 aromatic carbocycles. The number of hydrogen-bond acceptors (Lipinski definition) is 3. The molecule has 1 saturated heterocycles. The van der Waals surface area contributed by atoms with Crippen LogP contribution < -0.4 is 0 Å². The van der Waals surface area contributed by atoms with Crippen molar-refractivity contribution in [1.29, 1.82) is 0 Å². The molecule has 0 N–H and O–H groups in total. The van der Waals surface area contributed by atoms with Crippen LogP contribution in [0.1, 0.15) is 92.3 Å². The van der Waals surface area contributed by atoms with Gasteiger partial charge in [-0.2, -0.15) is 0 Å². The number of likely N-dealkylation sites (tertiary alicyclic amines) is 1. The first-order valence-corrected chi connectivity index (χ1v) is 12.6. The molecule has 0 spiro atoms. The van der Waals surface area contributed by atoms with E-state index in [1.54, 1.807) is 0 Å². The van der Waals surface area contributed by atoms with E-state index in [4.69, 9.17) is 4.84 Å². The quantitative estimate of drug-likeness (QED) is 0.338. The van der Waals surface area contributed by atoms with Crippen molar-refractivity contribution < 1.29 is 4.84 Å². The molecule has 0 aliphatic carbocycles. The highest BCUT2D eigenvalue weighted by atomic mass is 16.6. The summed E-state index contributed by atoms with van der Waals surface area (Å²) in [6, 6.07) is 29.1. The Morgan fingerprint density at radius 3 is 1.65 bits per heavy atom. The second kappa shape index (κ2) is 11.0. The van der Waals surface area contributed by atoms with Gasteiger partial charge in [-0.25, -0.2) is 0 Å². The third-order valence-electron chi connectivity index (χ3n) is 7.08. The van der Waals surface area contributed by atoms with Gasteiger partial charge in [0.15, 0.2) is 0 Å². The van der Waals surface area contributed by atoms with Gasteiger partial charge in [0.25, 0.3) is 0 Å². The topological polar surface area (TPSA) is 24.8 Å². The summed E-state index contributed by atoms with van der Waals surface area (Å²) in [6.07, 6.45) is 1.76. The molecule has 3 heteroatoms. The van der Waals surface area contributed by atoms with Crippen LogP contribution in [0.15, 0.2) is 84.0 Å². The third kappa shape index (κ3) is 5.77. The molecule has 1 aliphatic rings. The Morgan fingerprint density at radius 2 is 1.21 bits per heavy atom. The van der Waals surface area contributed by atoms with Crippen LogP contribution >= 0.6 is 0 Å². The SMILES string of the molecule is CC(C)c1ccc(C2CC(=NOCc3ccccc3)CC(c3ccc(C(C)C)cc3)N2C)cc1. The number of hydrogen-bond donors (Lipinski definition) is 0. The molecule has 0 amide bonds. The fraction of sp³-hybridized carbons (Fsp3) is 0.387. The molecule has 2 atom stereocenters. The standard InChI is InChI=1S/C31H38N2O/c1-22(2)25-11-15-27(16-12-25)30-19-29(32-34-21-24-9-7-6-8-10-24)20-31(33(30)5)28-17-13-26(14-18-28)23(3)4/h6-18,22-23,30-31H,19-21H2,1-5H3. The molecular weight excluding hydrogens is 416 g/mol. The van der Waals surface area contributed by atoms with E-state index < -0.39 is 0 Å². The van der Waals surface area contributed by atoms with Gasteiger partial charge in [0.2, 0.25) is 0 Å². The molecule has 1 heterocycles. The molecule has 3 aromatic rings. The Bertz CT molecular complexity index is 1010. The molecule has 1 aliphatic heterocycles. The van der Waals surface area contributed by atoms with Gasteiger partial charge in [-0.15, -0.1) is 0 Å². The lowest BCUT2D eigenvalue weighted by atomic mass is 9.86. The first-order valence-electron chi connectivity index (χ1n) is 12.6. The highest BCUT2D eigenvalue weighted by molar-refractivity contribution is 5.86. The Balaban J connectivity index is 1.59. The molecule has 4 rings (SSSR count). The molecule has 3 nitrogen and oxygen atoms in total. The molecule has 0 bridgehead atoms. The molecule has 178 valence electrons. The van der Waals surface area contributed by atoms with Crippen LogP contribution in [0.4, 0.5) is 0 Å². The lowest BCUT2D eigenvalue weighted by molar-refractivity contribution is 0.118. The molecule has 0 saturated carbocycles. The van der Waals surface area contributed by atoms with Crippen molar-refractivity contribution in [3.05, 3.63) is 107 Å². The summed E-state index contributed by atoms with van der Waals surface area (Å²) < 4.78 is 0. The zero-order valence-electron chi connectivity index (χ0n) is 21.2. The van der Waals surface area contributed by atoms with E-state index in [9.17, 15) is 0 Å². The fourth-order valence-electron chi connectivity index (χ4n) is 4.79. The van der Waals surface area contributed by atoms with Gasteiger partial charge in [-0.3, -0.25) is 4.90 Å². The second-order valence-corrected chi connectivity index (χ2v) is 10.2. The average molecular weight is 455 g/mol. The Morgan fingerprint density at radius 1 is 0.735 bits per heavy atom. The van der Waals surface area contributed by atoms with Crippen molar-refractivity contribution in [3.63, 3.8) is 0 Å². The largest absolute Gasteiger partial charge is 0.391 e. The van der Waals surface area contributed by atoms with Gasteiger partial charge in [-0.05, 0) is 46.7 Å². The normalized spacial score (nSPS) is 19.0. The molecule has 34 heavy (non-hydrogen) atoms. The molecule has 0 radical (unpaired) electrons. The maximum atomic E-state index is 5.83. The van der Waals surface area contributed by atoms with E-state index in [1.165, 1.54) is 22.3 Å². The van der Waals surface area contributed by atoms with Crippen molar-refractivity contribution in [2.75, 3.05) is 7.05 Å². The number of oxime groups is 1. The summed E-state index contributed by atoms with van der Waals surface area (Å²) in [4.78, 5) is 8.35. The summed E-state index contributed by atoms with van der Waals surface area (Å²) >= 11 is 0. The summed E-state index contributed by atoms with van der Waals surface area (Å²) in [6.45, 7) is 9.48. The molecule has 2 unspecified atom stereocenters. The van der Waals surface area contributed by atoms with Gasteiger partial charge in [0.05, 0.1) is 5.71 Å². The van der Waals surface area contributed by atoms with Crippen LogP contribution in [-0.2, 0) is 11.4 Å². The summed E-state index contributed by atoms with van der Waals surface area (Å²) in [5, 5.41) is 4.65. The van der Waals surface area contributed by atoms with E-state index in [1.807, 2.05) is 18.2 Å². The van der Waals surface area contributed by atoms with E-state index in [0.717, 1.165) is 24.1 Å². The number of nitrogens with zero attached hydrogens (tertiary/aromatic N) is 2. The summed E-state index contributed by atoms with van der Waals surface area (Å²) in [5.41, 5.74) is 7.70. The maximum Gasteiger partial charge on any atom is 0.142 e. The maximum absolute atomic E-state index is 5.83. The van der Waals surface area contributed by atoms with Crippen LogP contribution in [0.2, 0.25) is 0 Å². The minimum atomic E-state index is 0.267. The third-order valence-corrected chi connectivity index (χ3v) is 7.08. The first kappa shape index (κ1) is 24.2. The number of rotatable bonds is 7. The zero-order valence-corrected chi connectivity index (χ0v) is 21.2. The van der Waals surface area contributed by atoms with E-state index in [-0.39, 0.29) is 12.1 Å². The smallest absolute Gasteiger partial charge is 0.142 e. The monoisotopic (exact) mass is 454 g/mol. The van der Waals surface area contributed by atoms with Gasteiger partial charge >= 0.3 is 0 Å².